The second-order valence-electron chi connectivity index (χ2n) is 10.2. The number of fused-ring (bicyclic) bond motifs is 1. The summed E-state index contributed by atoms with van der Waals surface area (Å²) in [5.41, 5.74) is 1.99. The third-order valence-electron chi connectivity index (χ3n) is 7.04. The van der Waals surface area contributed by atoms with E-state index >= 15 is 0 Å². The SMILES string of the molecule is COc1ccc(COC(C)(C)c2nc3c([nH]2)c(=O)[nH]c[n+]3Cc2ccc(OC)c(OC3CCCC3)c2)cc1. The lowest BCUT2D eigenvalue weighted by atomic mass is 10.1. The smallest absolute Gasteiger partial charge is 0.334 e. The summed E-state index contributed by atoms with van der Waals surface area (Å²) in [7, 11) is 3.29. The van der Waals surface area contributed by atoms with E-state index in [-0.39, 0.29) is 11.7 Å². The minimum absolute atomic E-state index is 0.223. The summed E-state index contributed by atoms with van der Waals surface area (Å²) in [6.45, 7) is 4.75. The summed E-state index contributed by atoms with van der Waals surface area (Å²) in [6.07, 6.45) is 6.39. The zero-order valence-electron chi connectivity index (χ0n) is 22.4. The first-order valence-electron chi connectivity index (χ1n) is 13.0. The Morgan fingerprint density at radius 2 is 1.74 bits per heavy atom. The molecule has 2 heterocycles. The van der Waals surface area contributed by atoms with E-state index < -0.39 is 5.60 Å². The van der Waals surface area contributed by atoms with Gasteiger partial charge in [-0.15, -0.1) is 0 Å². The highest BCUT2D eigenvalue weighted by atomic mass is 16.5. The standard InChI is InChI=1S/C29H34N4O5/c1-29(2,37-17-19-9-12-21(35-3)13-10-19)28-31-25-26(32-28)33(18-30-27(25)34)16-20-11-14-23(36-4)24(15-20)38-22-7-5-6-8-22/h9-15,18,22H,5-8,16-17H2,1-4H3,(H,31,32,34)/p+1. The number of aromatic amines is 2. The highest BCUT2D eigenvalue weighted by molar-refractivity contribution is 5.65. The summed E-state index contributed by atoms with van der Waals surface area (Å²) < 4.78 is 25.2. The summed E-state index contributed by atoms with van der Waals surface area (Å²) >= 11 is 0. The molecule has 1 aliphatic carbocycles. The fourth-order valence-corrected chi connectivity index (χ4v) is 4.75. The molecule has 1 aliphatic rings. The topological polar surface area (TPSA) is 102 Å². The molecule has 0 bridgehead atoms. The van der Waals surface area contributed by atoms with Crippen molar-refractivity contribution in [1.82, 2.24) is 15.0 Å². The Morgan fingerprint density at radius 1 is 1.00 bits per heavy atom. The fourth-order valence-electron chi connectivity index (χ4n) is 4.75. The van der Waals surface area contributed by atoms with Crippen LogP contribution in [0, 0.1) is 0 Å². The normalized spacial score (nSPS) is 14.2. The lowest BCUT2D eigenvalue weighted by Crippen LogP contribution is -2.38. The summed E-state index contributed by atoms with van der Waals surface area (Å²) in [5, 5.41) is 0. The van der Waals surface area contributed by atoms with E-state index in [1.807, 2.05) is 60.9 Å². The van der Waals surface area contributed by atoms with Gasteiger partial charge in [-0.25, -0.2) is 14.3 Å². The van der Waals surface area contributed by atoms with Crippen LogP contribution >= 0.6 is 0 Å². The zero-order chi connectivity index (χ0) is 26.7. The van der Waals surface area contributed by atoms with Crippen molar-refractivity contribution >= 4 is 11.2 Å². The monoisotopic (exact) mass is 519 g/mol. The van der Waals surface area contributed by atoms with Gasteiger partial charge in [-0.3, -0.25) is 0 Å². The van der Waals surface area contributed by atoms with Crippen molar-refractivity contribution in [1.29, 1.82) is 0 Å². The van der Waals surface area contributed by atoms with Gasteiger partial charge >= 0.3 is 5.56 Å². The maximum absolute atomic E-state index is 12.7. The number of H-pyrrole nitrogens is 2. The first-order valence-corrected chi connectivity index (χ1v) is 13.0. The number of ether oxygens (including phenoxy) is 4. The Labute approximate surface area is 221 Å². The summed E-state index contributed by atoms with van der Waals surface area (Å²) in [4.78, 5) is 23.5. The van der Waals surface area contributed by atoms with Crippen LogP contribution in [0.1, 0.15) is 56.5 Å². The Balaban J connectivity index is 1.38. The van der Waals surface area contributed by atoms with Gasteiger partial charge < -0.3 is 23.9 Å². The van der Waals surface area contributed by atoms with Gasteiger partial charge in [-0.1, -0.05) is 23.2 Å². The van der Waals surface area contributed by atoms with Crippen molar-refractivity contribution in [2.24, 2.45) is 0 Å². The van der Waals surface area contributed by atoms with E-state index in [1.165, 1.54) is 12.8 Å². The first kappa shape index (κ1) is 25.8. The Bertz CT molecular complexity index is 1450. The molecule has 9 heteroatoms. The van der Waals surface area contributed by atoms with Crippen molar-refractivity contribution in [3.8, 4) is 17.2 Å². The number of nitrogens with one attached hydrogen (secondary N) is 2. The van der Waals surface area contributed by atoms with Crippen molar-refractivity contribution in [2.75, 3.05) is 14.2 Å². The summed E-state index contributed by atoms with van der Waals surface area (Å²) in [6, 6.07) is 13.7. The summed E-state index contributed by atoms with van der Waals surface area (Å²) in [5.74, 6) is 2.83. The molecule has 0 atom stereocenters. The van der Waals surface area contributed by atoms with Crippen LogP contribution in [0.5, 0.6) is 17.2 Å². The van der Waals surface area contributed by atoms with Gasteiger partial charge in [0.2, 0.25) is 11.3 Å². The highest BCUT2D eigenvalue weighted by Crippen LogP contribution is 2.32. The number of hydrogen-bond donors (Lipinski definition) is 2. The molecule has 5 rings (SSSR count). The molecule has 1 saturated carbocycles. The first-order chi connectivity index (χ1) is 18.4. The van der Waals surface area contributed by atoms with Gasteiger partial charge in [0.15, 0.2) is 17.8 Å². The van der Waals surface area contributed by atoms with Gasteiger partial charge in [-0.2, -0.15) is 0 Å². The molecular weight excluding hydrogens is 484 g/mol. The second-order valence-corrected chi connectivity index (χ2v) is 10.2. The predicted octanol–water partition coefficient (Wildman–Crippen LogP) is 4.38. The van der Waals surface area contributed by atoms with Crippen molar-refractivity contribution in [2.45, 2.75) is 64.4 Å². The molecule has 2 N–H and O–H groups in total. The van der Waals surface area contributed by atoms with E-state index in [4.69, 9.17) is 23.9 Å². The lowest BCUT2D eigenvalue weighted by molar-refractivity contribution is -0.667. The third kappa shape index (κ3) is 5.52. The molecule has 38 heavy (non-hydrogen) atoms. The molecule has 1 fully saturated rings. The van der Waals surface area contributed by atoms with Crippen LogP contribution in [0.4, 0.5) is 0 Å². The number of nitrogens with zero attached hydrogens (tertiary/aromatic N) is 2. The second kappa shape index (κ2) is 10.9. The molecule has 0 radical (unpaired) electrons. The van der Waals surface area contributed by atoms with Crippen LogP contribution in [0.2, 0.25) is 0 Å². The van der Waals surface area contributed by atoms with Crippen molar-refractivity contribution < 1.29 is 23.5 Å². The maximum Gasteiger partial charge on any atom is 0.334 e. The largest absolute Gasteiger partial charge is 0.497 e. The molecule has 2 aromatic heterocycles. The molecule has 0 unspecified atom stereocenters. The average molecular weight is 520 g/mol. The molecule has 9 nitrogen and oxygen atoms in total. The van der Waals surface area contributed by atoms with E-state index in [9.17, 15) is 4.79 Å². The van der Waals surface area contributed by atoms with Crippen molar-refractivity contribution in [3.63, 3.8) is 0 Å². The minimum Gasteiger partial charge on any atom is -0.497 e. The van der Waals surface area contributed by atoms with Crippen LogP contribution in [-0.4, -0.2) is 35.3 Å². The molecule has 2 aromatic carbocycles. The highest BCUT2D eigenvalue weighted by Gasteiger charge is 2.31. The van der Waals surface area contributed by atoms with Gasteiger partial charge in [0.05, 0.1) is 33.5 Å². The average Bonchev–Trinajstić information content (AvgIpc) is 3.61. The van der Waals surface area contributed by atoms with E-state index in [1.54, 1.807) is 20.5 Å². The van der Waals surface area contributed by atoms with Crippen LogP contribution in [0.15, 0.2) is 53.6 Å². The maximum atomic E-state index is 12.7. The minimum atomic E-state index is -0.758. The molecule has 0 amide bonds. The Kier molecular flexibility index (Phi) is 7.37. The van der Waals surface area contributed by atoms with Crippen LogP contribution in [-0.2, 0) is 23.5 Å². The van der Waals surface area contributed by atoms with E-state index in [0.29, 0.717) is 30.1 Å². The molecule has 0 saturated heterocycles. The number of aromatic nitrogens is 4. The number of rotatable bonds is 10. The van der Waals surface area contributed by atoms with Crippen LogP contribution in [0.25, 0.3) is 11.2 Å². The van der Waals surface area contributed by atoms with Gasteiger partial charge in [0.1, 0.15) is 11.4 Å². The fraction of sp³-hybridized carbons (Fsp3) is 0.414. The predicted molar refractivity (Wildman–Crippen MR) is 143 cm³/mol. The van der Waals surface area contributed by atoms with Gasteiger partial charge in [0.25, 0.3) is 5.65 Å². The third-order valence-corrected chi connectivity index (χ3v) is 7.04. The Morgan fingerprint density at radius 3 is 2.45 bits per heavy atom. The van der Waals surface area contributed by atoms with E-state index in [2.05, 4.69) is 9.97 Å². The number of imidazole rings is 1. The van der Waals surface area contributed by atoms with Gasteiger partial charge in [-0.05, 0) is 74.9 Å². The molecule has 200 valence electrons. The van der Waals surface area contributed by atoms with Crippen LogP contribution in [0.3, 0.4) is 0 Å². The molecule has 4 aromatic rings. The number of methoxy groups -OCH3 is 2. The van der Waals surface area contributed by atoms with Crippen LogP contribution < -0.4 is 24.3 Å². The molecule has 0 aliphatic heterocycles. The quantitative estimate of drug-likeness (QED) is 0.302. The van der Waals surface area contributed by atoms with E-state index in [0.717, 1.165) is 41.2 Å². The lowest BCUT2D eigenvalue weighted by Gasteiger charge is -2.21. The number of benzene rings is 2. The Hall–Kier alpha value is -3.85. The number of hydrogen-bond acceptors (Lipinski definition) is 6. The molecular formula is C29H35N4O5+. The van der Waals surface area contributed by atoms with Gasteiger partial charge in [0, 0.05) is 0 Å². The molecule has 0 spiro atoms. The van der Waals surface area contributed by atoms with Crippen molar-refractivity contribution in [3.05, 3.63) is 76.1 Å². The zero-order valence-corrected chi connectivity index (χ0v) is 22.4.